The summed E-state index contributed by atoms with van der Waals surface area (Å²) < 4.78 is 33.9. The van der Waals surface area contributed by atoms with Gasteiger partial charge in [0.1, 0.15) is 5.75 Å². The number of nitrogens with one attached hydrogen (secondary N) is 3. The highest BCUT2D eigenvalue weighted by Crippen LogP contribution is 2.23. The number of aromatic amines is 1. The molecule has 2 aromatic heterocycles. The molecule has 0 aliphatic carbocycles. The fourth-order valence-corrected chi connectivity index (χ4v) is 4.62. The van der Waals surface area contributed by atoms with Crippen molar-refractivity contribution in [2.24, 2.45) is 0 Å². The molecule has 0 unspecified atom stereocenters. The lowest BCUT2D eigenvalue weighted by molar-refractivity contribution is 0.0955. The van der Waals surface area contributed by atoms with Gasteiger partial charge in [-0.25, -0.2) is 8.42 Å². The summed E-state index contributed by atoms with van der Waals surface area (Å²) in [5.74, 6) is 0.148. The van der Waals surface area contributed by atoms with Gasteiger partial charge >= 0.3 is 0 Å². The van der Waals surface area contributed by atoms with Gasteiger partial charge in [0, 0.05) is 47.5 Å². The Morgan fingerprint density at radius 3 is 2.57 bits per heavy atom. The molecule has 0 saturated heterocycles. The zero-order chi connectivity index (χ0) is 24.8. The molecule has 9 nitrogen and oxygen atoms in total. The summed E-state index contributed by atoms with van der Waals surface area (Å²) in [5, 5.41) is 3.09. The molecule has 0 atom stereocenters. The van der Waals surface area contributed by atoms with Gasteiger partial charge in [-0.1, -0.05) is 6.07 Å². The lowest BCUT2D eigenvalue weighted by Gasteiger charge is -2.12. The van der Waals surface area contributed by atoms with E-state index in [1.807, 2.05) is 19.1 Å². The maximum atomic E-state index is 13.0. The molecule has 4 aromatic rings. The van der Waals surface area contributed by atoms with Gasteiger partial charge in [-0.3, -0.25) is 19.3 Å². The van der Waals surface area contributed by atoms with Crippen LogP contribution in [0.2, 0.25) is 0 Å². The van der Waals surface area contributed by atoms with Gasteiger partial charge in [-0.2, -0.15) is 0 Å². The molecule has 4 rings (SSSR count). The molecule has 180 valence electrons. The van der Waals surface area contributed by atoms with Gasteiger partial charge in [-0.05, 0) is 61.5 Å². The van der Waals surface area contributed by atoms with Crippen molar-refractivity contribution in [2.75, 3.05) is 17.9 Å². The summed E-state index contributed by atoms with van der Waals surface area (Å²) in [6.07, 6.45) is 2.18. The number of anilines is 1. The zero-order valence-corrected chi connectivity index (χ0v) is 19.8. The van der Waals surface area contributed by atoms with Gasteiger partial charge in [0.2, 0.25) is 5.56 Å². The molecule has 10 heteroatoms. The first-order valence-corrected chi connectivity index (χ1v) is 12.4. The molecule has 0 saturated carbocycles. The van der Waals surface area contributed by atoms with E-state index >= 15 is 0 Å². The molecule has 0 spiro atoms. The standard InChI is InChI=1S/C25H24N4O5S/c1-2-34-19-8-6-18(7-9-19)29-35(32,33)20-10-11-23-21(15-20)22(16-24(30)28-23)25(31)27-14-12-17-5-3-4-13-26-17/h3-11,13,15-16,29H,2,12,14H2,1H3,(H,27,31)(H,28,30). The number of hydrogen-bond acceptors (Lipinski definition) is 6. The molecule has 35 heavy (non-hydrogen) atoms. The van der Waals surface area contributed by atoms with Gasteiger partial charge in [0.15, 0.2) is 0 Å². The number of rotatable bonds is 9. The Kier molecular flexibility index (Phi) is 7.11. The topological polar surface area (TPSA) is 130 Å². The van der Waals surface area contributed by atoms with Crippen molar-refractivity contribution in [3.8, 4) is 5.75 Å². The normalized spacial score (nSPS) is 11.2. The SMILES string of the molecule is CCOc1ccc(NS(=O)(=O)c2ccc3[nH]c(=O)cc(C(=O)NCCc4ccccn4)c3c2)cc1. The van der Waals surface area contributed by atoms with Crippen LogP contribution in [0.1, 0.15) is 23.0 Å². The highest BCUT2D eigenvalue weighted by atomic mass is 32.2. The minimum absolute atomic E-state index is 0.0477. The quantitative estimate of drug-likeness (QED) is 0.329. The van der Waals surface area contributed by atoms with E-state index in [1.54, 1.807) is 36.5 Å². The summed E-state index contributed by atoms with van der Waals surface area (Å²) >= 11 is 0. The zero-order valence-electron chi connectivity index (χ0n) is 18.9. The number of carbonyl (C=O) groups excluding carboxylic acids is 1. The Morgan fingerprint density at radius 2 is 1.86 bits per heavy atom. The maximum absolute atomic E-state index is 13.0. The number of nitrogens with zero attached hydrogens (tertiary/aromatic N) is 1. The molecular weight excluding hydrogens is 468 g/mol. The van der Waals surface area contributed by atoms with E-state index in [0.29, 0.717) is 41.9 Å². The van der Waals surface area contributed by atoms with E-state index in [-0.39, 0.29) is 10.5 Å². The van der Waals surface area contributed by atoms with Crippen molar-refractivity contribution in [1.82, 2.24) is 15.3 Å². The smallest absolute Gasteiger partial charge is 0.261 e. The highest BCUT2D eigenvalue weighted by Gasteiger charge is 2.18. The van der Waals surface area contributed by atoms with E-state index in [4.69, 9.17) is 4.74 Å². The summed E-state index contributed by atoms with van der Waals surface area (Å²) in [6.45, 7) is 2.67. The Balaban J connectivity index is 1.58. The molecule has 0 radical (unpaired) electrons. The lowest BCUT2D eigenvalue weighted by Crippen LogP contribution is -2.27. The number of aromatic nitrogens is 2. The second-order valence-electron chi connectivity index (χ2n) is 7.64. The third-order valence-electron chi connectivity index (χ3n) is 5.18. The molecular formula is C25H24N4O5S. The van der Waals surface area contributed by atoms with Crippen molar-refractivity contribution < 1.29 is 17.9 Å². The van der Waals surface area contributed by atoms with Crippen molar-refractivity contribution in [3.05, 3.63) is 94.5 Å². The van der Waals surface area contributed by atoms with Crippen LogP contribution in [-0.4, -0.2) is 37.4 Å². The number of sulfonamides is 1. The molecule has 2 heterocycles. The summed E-state index contributed by atoms with van der Waals surface area (Å²) in [6, 6.07) is 17.4. The number of H-pyrrole nitrogens is 1. The van der Waals surface area contributed by atoms with Gasteiger partial charge in [0.05, 0.1) is 17.1 Å². The largest absolute Gasteiger partial charge is 0.494 e. The van der Waals surface area contributed by atoms with Crippen LogP contribution >= 0.6 is 0 Å². The van der Waals surface area contributed by atoms with E-state index < -0.39 is 21.5 Å². The van der Waals surface area contributed by atoms with Crippen molar-refractivity contribution in [2.45, 2.75) is 18.2 Å². The number of hydrogen-bond donors (Lipinski definition) is 3. The molecule has 0 aliphatic rings. The first-order chi connectivity index (χ1) is 16.9. The number of fused-ring (bicyclic) bond motifs is 1. The number of amides is 1. The van der Waals surface area contributed by atoms with Crippen LogP contribution in [0.25, 0.3) is 10.9 Å². The summed E-state index contributed by atoms with van der Waals surface area (Å²) in [5.41, 5.74) is 1.16. The van der Waals surface area contributed by atoms with Gasteiger partial charge in [-0.15, -0.1) is 0 Å². The number of ether oxygens (including phenoxy) is 1. The Morgan fingerprint density at radius 1 is 1.06 bits per heavy atom. The fraction of sp³-hybridized carbons (Fsp3) is 0.160. The molecule has 3 N–H and O–H groups in total. The Hall–Kier alpha value is -4.18. The Labute approximate surface area is 202 Å². The average molecular weight is 493 g/mol. The van der Waals surface area contributed by atoms with E-state index in [2.05, 4.69) is 20.0 Å². The minimum atomic E-state index is -3.96. The van der Waals surface area contributed by atoms with Crippen molar-refractivity contribution in [1.29, 1.82) is 0 Å². The van der Waals surface area contributed by atoms with Crippen LogP contribution in [0.4, 0.5) is 5.69 Å². The first kappa shape index (κ1) is 24.0. The third kappa shape index (κ3) is 5.85. The fourth-order valence-electron chi connectivity index (χ4n) is 3.53. The average Bonchev–Trinajstić information content (AvgIpc) is 2.85. The predicted molar refractivity (Wildman–Crippen MR) is 133 cm³/mol. The predicted octanol–water partition coefficient (Wildman–Crippen LogP) is 3.10. The summed E-state index contributed by atoms with van der Waals surface area (Å²) in [7, 11) is -3.96. The van der Waals surface area contributed by atoms with Crippen LogP contribution < -0.4 is 20.3 Å². The van der Waals surface area contributed by atoms with Crippen LogP contribution in [0.3, 0.4) is 0 Å². The molecule has 0 aliphatic heterocycles. The van der Waals surface area contributed by atoms with E-state index in [9.17, 15) is 18.0 Å². The minimum Gasteiger partial charge on any atom is -0.494 e. The third-order valence-corrected chi connectivity index (χ3v) is 6.56. The number of pyridine rings is 2. The van der Waals surface area contributed by atoms with Crippen LogP contribution in [0.15, 0.2) is 82.6 Å². The highest BCUT2D eigenvalue weighted by molar-refractivity contribution is 7.92. The van der Waals surface area contributed by atoms with E-state index in [0.717, 1.165) is 11.8 Å². The second-order valence-corrected chi connectivity index (χ2v) is 9.33. The maximum Gasteiger partial charge on any atom is 0.261 e. The lowest BCUT2D eigenvalue weighted by atomic mass is 10.1. The van der Waals surface area contributed by atoms with Crippen molar-refractivity contribution in [3.63, 3.8) is 0 Å². The molecule has 1 amide bonds. The number of carbonyl (C=O) groups is 1. The second kappa shape index (κ2) is 10.4. The van der Waals surface area contributed by atoms with Crippen LogP contribution in [0.5, 0.6) is 5.75 Å². The van der Waals surface area contributed by atoms with E-state index in [1.165, 1.54) is 18.2 Å². The van der Waals surface area contributed by atoms with Gasteiger partial charge in [0.25, 0.3) is 15.9 Å². The van der Waals surface area contributed by atoms with Crippen LogP contribution in [0, 0.1) is 0 Å². The first-order valence-electron chi connectivity index (χ1n) is 11.0. The van der Waals surface area contributed by atoms with Gasteiger partial charge < -0.3 is 15.0 Å². The monoisotopic (exact) mass is 492 g/mol. The molecule has 0 fully saturated rings. The Bertz CT molecular complexity index is 1500. The number of benzene rings is 2. The molecule has 0 bridgehead atoms. The molecule has 2 aromatic carbocycles. The summed E-state index contributed by atoms with van der Waals surface area (Å²) in [4.78, 5) is 31.8. The van der Waals surface area contributed by atoms with Crippen molar-refractivity contribution >= 4 is 32.5 Å². The van der Waals surface area contributed by atoms with Crippen LogP contribution in [-0.2, 0) is 16.4 Å².